The van der Waals surface area contributed by atoms with Crippen LogP contribution in [0.2, 0.25) is 0 Å². The van der Waals surface area contributed by atoms with Crippen LogP contribution in [0.1, 0.15) is 31.5 Å². The van der Waals surface area contributed by atoms with Crippen molar-refractivity contribution in [3.63, 3.8) is 0 Å². The number of carboxylic acids is 1. The van der Waals surface area contributed by atoms with Crippen molar-refractivity contribution in [3.8, 4) is 0 Å². The smallest absolute Gasteiger partial charge is 0.309 e. The minimum absolute atomic E-state index is 0.608. The first-order valence-corrected chi connectivity index (χ1v) is 7.19. The Morgan fingerprint density at radius 3 is 2.76 bits per heavy atom. The minimum Gasteiger partial charge on any atom is -0.481 e. The molecule has 0 aliphatic rings. The Balaban J connectivity index is 1.92. The number of aromatic nitrogens is 1. The van der Waals surface area contributed by atoms with Crippen LogP contribution in [0.15, 0.2) is 30.3 Å². The van der Waals surface area contributed by atoms with Crippen LogP contribution in [0, 0.1) is 12.3 Å². The summed E-state index contributed by atoms with van der Waals surface area (Å²) in [5.41, 5.74) is 2.52. The number of carbonyl (C=O) groups is 1. The maximum absolute atomic E-state index is 11.0. The lowest BCUT2D eigenvalue weighted by molar-refractivity contribution is -0.147. The highest BCUT2D eigenvalue weighted by atomic mass is 16.4. The van der Waals surface area contributed by atoms with E-state index in [1.165, 1.54) is 5.56 Å². The highest BCUT2D eigenvalue weighted by Crippen LogP contribution is 2.19. The number of fused-ring (bicyclic) bond motifs is 1. The van der Waals surface area contributed by atoms with Crippen LogP contribution in [-0.4, -0.2) is 22.6 Å². The van der Waals surface area contributed by atoms with Gasteiger partial charge in [0.15, 0.2) is 0 Å². The van der Waals surface area contributed by atoms with Gasteiger partial charge in [0, 0.05) is 17.6 Å². The lowest BCUT2D eigenvalue weighted by Crippen LogP contribution is -2.28. The van der Waals surface area contributed by atoms with E-state index in [9.17, 15) is 4.79 Å². The molecule has 0 unspecified atom stereocenters. The molecule has 0 spiro atoms. The zero-order valence-corrected chi connectivity index (χ0v) is 12.8. The molecule has 0 radical (unpaired) electrons. The van der Waals surface area contributed by atoms with Crippen LogP contribution in [-0.2, 0) is 11.3 Å². The normalized spacial score (nSPS) is 11.8. The predicted octanol–water partition coefficient (Wildman–Crippen LogP) is 3.13. The third kappa shape index (κ3) is 4.02. The zero-order valence-electron chi connectivity index (χ0n) is 12.8. The molecule has 0 atom stereocenters. The second kappa shape index (κ2) is 6.22. The highest BCUT2D eigenvalue weighted by Gasteiger charge is 2.25. The van der Waals surface area contributed by atoms with E-state index in [0.717, 1.165) is 23.1 Å². The van der Waals surface area contributed by atoms with Gasteiger partial charge in [-0.05, 0) is 57.5 Å². The molecule has 0 saturated carbocycles. The molecule has 2 N–H and O–H groups in total. The molecule has 0 aliphatic carbocycles. The highest BCUT2D eigenvalue weighted by molar-refractivity contribution is 5.79. The van der Waals surface area contributed by atoms with Crippen molar-refractivity contribution in [1.29, 1.82) is 0 Å². The first-order chi connectivity index (χ1) is 9.88. The molecule has 1 aromatic heterocycles. The quantitative estimate of drug-likeness (QED) is 0.801. The monoisotopic (exact) mass is 286 g/mol. The van der Waals surface area contributed by atoms with E-state index < -0.39 is 11.4 Å². The van der Waals surface area contributed by atoms with Gasteiger partial charge in [-0.1, -0.05) is 12.1 Å². The summed E-state index contributed by atoms with van der Waals surface area (Å²) in [6.07, 6.45) is 0.608. The molecule has 0 amide bonds. The summed E-state index contributed by atoms with van der Waals surface area (Å²) in [5, 5.41) is 13.5. The molecule has 0 bridgehead atoms. The van der Waals surface area contributed by atoms with Crippen molar-refractivity contribution in [1.82, 2.24) is 10.3 Å². The fourth-order valence-electron chi connectivity index (χ4n) is 2.13. The van der Waals surface area contributed by atoms with Crippen molar-refractivity contribution in [2.24, 2.45) is 5.41 Å². The summed E-state index contributed by atoms with van der Waals surface area (Å²) in [4.78, 5) is 15.5. The van der Waals surface area contributed by atoms with Gasteiger partial charge in [-0.3, -0.25) is 9.78 Å². The lowest BCUT2D eigenvalue weighted by atomic mass is 9.90. The van der Waals surface area contributed by atoms with Gasteiger partial charge in [0.25, 0.3) is 0 Å². The topological polar surface area (TPSA) is 62.2 Å². The summed E-state index contributed by atoms with van der Waals surface area (Å²) in [6, 6.07) is 10.3. The summed E-state index contributed by atoms with van der Waals surface area (Å²) in [6.45, 7) is 6.91. The number of aliphatic carboxylic acids is 1. The molecule has 2 aromatic rings. The number of rotatable bonds is 6. The van der Waals surface area contributed by atoms with E-state index in [-0.39, 0.29) is 0 Å². The molecule has 0 saturated heterocycles. The second-order valence-corrected chi connectivity index (χ2v) is 6.10. The Labute approximate surface area is 125 Å². The van der Waals surface area contributed by atoms with Crippen molar-refractivity contribution >= 4 is 16.9 Å². The summed E-state index contributed by atoms with van der Waals surface area (Å²) < 4.78 is 0. The van der Waals surface area contributed by atoms with Crippen LogP contribution >= 0.6 is 0 Å². The molecule has 4 nitrogen and oxygen atoms in total. The Bertz CT molecular complexity index is 650. The molecule has 0 aliphatic heterocycles. The molecule has 112 valence electrons. The van der Waals surface area contributed by atoms with Crippen LogP contribution in [0.3, 0.4) is 0 Å². The fraction of sp³-hybridized carbons (Fsp3) is 0.412. The molecule has 2 rings (SSSR count). The van der Waals surface area contributed by atoms with Crippen LogP contribution in [0.4, 0.5) is 0 Å². The van der Waals surface area contributed by atoms with Crippen LogP contribution in [0.25, 0.3) is 10.9 Å². The molecule has 4 heteroatoms. The predicted molar refractivity (Wildman–Crippen MR) is 84.2 cm³/mol. The Kier molecular flexibility index (Phi) is 4.58. The largest absolute Gasteiger partial charge is 0.481 e. The third-order valence-corrected chi connectivity index (χ3v) is 3.73. The molecular weight excluding hydrogens is 264 g/mol. The Hall–Kier alpha value is -1.94. The molecular formula is C17H22N2O2. The summed E-state index contributed by atoms with van der Waals surface area (Å²) in [5.74, 6) is -0.753. The van der Waals surface area contributed by atoms with E-state index >= 15 is 0 Å². The maximum Gasteiger partial charge on any atom is 0.309 e. The number of nitrogens with one attached hydrogen (secondary N) is 1. The molecule has 0 fully saturated rings. The van der Waals surface area contributed by atoms with E-state index in [1.54, 1.807) is 13.8 Å². The number of benzene rings is 1. The van der Waals surface area contributed by atoms with Crippen molar-refractivity contribution < 1.29 is 9.90 Å². The van der Waals surface area contributed by atoms with Gasteiger partial charge in [0.2, 0.25) is 0 Å². The van der Waals surface area contributed by atoms with E-state index in [0.29, 0.717) is 13.0 Å². The number of carboxylic acid groups (broad SMARTS) is 1. The minimum atomic E-state index is -0.753. The summed E-state index contributed by atoms with van der Waals surface area (Å²) >= 11 is 0. The lowest BCUT2D eigenvalue weighted by Gasteiger charge is -2.19. The Morgan fingerprint density at radius 1 is 1.29 bits per heavy atom. The molecule has 1 aromatic carbocycles. The number of nitrogens with zero attached hydrogens (tertiary/aromatic N) is 1. The Morgan fingerprint density at radius 2 is 2.05 bits per heavy atom. The standard InChI is InChI=1S/C17H22N2O2/c1-12-4-6-14-10-13(5-7-15(14)19-12)11-18-9-8-17(2,3)16(20)21/h4-7,10,18H,8-9,11H2,1-3H3,(H,20,21). The zero-order chi connectivity index (χ0) is 15.5. The number of aryl methyl sites for hydroxylation is 1. The second-order valence-electron chi connectivity index (χ2n) is 6.10. The maximum atomic E-state index is 11.0. The summed E-state index contributed by atoms with van der Waals surface area (Å²) in [7, 11) is 0. The number of hydrogen-bond acceptors (Lipinski definition) is 3. The van der Waals surface area contributed by atoms with Gasteiger partial charge in [0.05, 0.1) is 10.9 Å². The molecule has 1 heterocycles. The van der Waals surface area contributed by atoms with Gasteiger partial charge in [0.1, 0.15) is 0 Å². The van der Waals surface area contributed by atoms with Gasteiger partial charge >= 0.3 is 5.97 Å². The van der Waals surface area contributed by atoms with Crippen molar-refractivity contribution in [3.05, 3.63) is 41.6 Å². The van der Waals surface area contributed by atoms with E-state index in [1.807, 2.05) is 19.1 Å². The average Bonchev–Trinajstić information content (AvgIpc) is 2.43. The van der Waals surface area contributed by atoms with E-state index in [2.05, 4.69) is 28.5 Å². The number of hydrogen-bond donors (Lipinski definition) is 2. The first kappa shape index (κ1) is 15.4. The SMILES string of the molecule is Cc1ccc2cc(CNCCC(C)(C)C(=O)O)ccc2n1. The van der Waals surface area contributed by atoms with Crippen molar-refractivity contribution in [2.45, 2.75) is 33.7 Å². The fourth-order valence-corrected chi connectivity index (χ4v) is 2.13. The van der Waals surface area contributed by atoms with Gasteiger partial charge in [-0.2, -0.15) is 0 Å². The average molecular weight is 286 g/mol. The number of pyridine rings is 1. The van der Waals surface area contributed by atoms with Crippen molar-refractivity contribution in [2.75, 3.05) is 6.54 Å². The van der Waals surface area contributed by atoms with Crippen LogP contribution < -0.4 is 5.32 Å². The van der Waals surface area contributed by atoms with Crippen LogP contribution in [0.5, 0.6) is 0 Å². The molecule has 21 heavy (non-hydrogen) atoms. The van der Waals surface area contributed by atoms with Gasteiger partial charge in [-0.15, -0.1) is 0 Å². The first-order valence-electron chi connectivity index (χ1n) is 7.19. The van der Waals surface area contributed by atoms with E-state index in [4.69, 9.17) is 5.11 Å². The van der Waals surface area contributed by atoms with Gasteiger partial charge in [-0.25, -0.2) is 0 Å². The third-order valence-electron chi connectivity index (χ3n) is 3.73. The van der Waals surface area contributed by atoms with Gasteiger partial charge < -0.3 is 10.4 Å².